The van der Waals surface area contributed by atoms with Gasteiger partial charge in [0.05, 0.1) is 4.92 Å². The number of benzene rings is 1. The Kier molecular flexibility index (Phi) is 2.89. The van der Waals surface area contributed by atoms with E-state index in [4.69, 9.17) is 5.73 Å². The number of amides is 1. The molecule has 0 saturated carbocycles. The monoisotopic (exact) mass is 209 g/mol. The number of hydrogen-bond acceptors (Lipinski definition) is 4. The summed E-state index contributed by atoms with van der Waals surface area (Å²) in [5.41, 5.74) is 5.45. The summed E-state index contributed by atoms with van der Waals surface area (Å²) in [6.45, 7) is 0. The third kappa shape index (κ3) is 2.22. The van der Waals surface area contributed by atoms with Crippen molar-refractivity contribution >= 4 is 17.3 Å². The molecule has 0 unspecified atom stereocenters. The summed E-state index contributed by atoms with van der Waals surface area (Å²) in [4.78, 5) is 22.8. The number of anilines is 1. The third-order valence-electron chi connectivity index (χ3n) is 1.88. The zero-order valence-corrected chi connectivity index (χ0v) is 8.43. The Labute approximate surface area is 86.4 Å². The average Bonchev–Trinajstić information content (AvgIpc) is 2.16. The maximum absolute atomic E-state index is 11.5. The fraction of sp³-hybridized carbons (Fsp3) is 0.222. The van der Waals surface area contributed by atoms with Crippen molar-refractivity contribution in [1.82, 2.24) is 4.90 Å². The summed E-state index contributed by atoms with van der Waals surface area (Å²) in [5.74, 6) is -0.293. The Morgan fingerprint density at radius 1 is 1.47 bits per heavy atom. The standard InChI is InChI=1S/C9H11N3O3/c1-11(2)9(13)6-3-4-7(10)8(5-6)12(14)15/h3-5H,10H2,1-2H3. The van der Waals surface area contributed by atoms with Crippen LogP contribution in [-0.4, -0.2) is 29.8 Å². The van der Waals surface area contributed by atoms with Gasteiger partial charge in [0, 0.05) is 25.7 Å². The second-order valence-electron chi connectivity index (χ2n) is 3.23. The molecule has 0 radical (unpaired) electrons. The number of rotatable bonds is 2. The van der Waals surface area contributed by atoms with Gasteiger partial charge in [0.2, 0.25) is 0 Å². The van der Waals surface area contributed by atoms with Crippen LogP contribution in [0.4, 0.5) is 11.4 Å². The van der Waals surface area contributed by atoms with Crippen LogP contribution in [0.15, 0.2) is 18.2 Å². The summed E-state index contributed by atoms with van der Waals surface area (Å²) in [6.07, 6.45) is 0. The van der Waals surface area contributed by atoms with Crippen LogP contribution in [0.5, 0.6) is 0 Å². The minimum Gasteiger partial charge on any atom is -0.393 e. The highest BCUT2D eigenvalue weighted by molar-refractivity contribution is 5.95. The molecule has 2 N–H and O–H groups in total. The second-order valence-corrected chi connectivity index (χ2v) is 3.23. The van der Waals surface area contributed by atoms with Crippen LogP contribution in [0.3, 0.4) is 0 Å². The molecule has 0 aromatic heterocycles. The minimum atomic E-state index is -0.609. The van der Waals surface area contributed by atoms with E-state index in [2.05, 4.69) is 0 Å². The lowest BCUT2D eigenvalue weighted by molar-refractivity contribution is -0.383. The number of hydrogen-bond donors (Lipinski definition) is 1. The number of carbonyl (C=O) groups excluding carboxylic acids is 1. The normalized spacial score (nSPS) is 9.73. The first-order valence-corrected chi connectivity index (χ1v) is 4.19. The highest BCUT2D eigenvalue weighted by atomic mass is 16.6. The van der Waals surface area contributed by atoms with E-state index in [9.17, 15) is 14.9 Å². The molecular weight excluding hydrogens is 198 g/mol. The molecular formula is C9H11N3O3. The molecule has 0 atom stereocenters. The first-order chi connectivity index (χ1) is 6.93. The molecule has 6 heteroatoms. The van der Waals surface area contributed by atoms with Crippen molar-refractivity contribution < 1.29 is 9.72 Å². The molecule has 0 fully saturated rings. The number of carbonyl (C=O) groups is 1. The van der Waals surface area contributed by atoms with Crippen molar-refractivity contribution in [2.24, 2.45) is 0 Å². The molecule has 0 bridgehead atoms. The van der Waals surface area contributed by atoms with E-state index in [0.29, 0.717) is 0 Å². The van der Waals surface area contributed by atoms with Crippen LogP contribution in [0.2, 0.25) is 0 Å². The van der Waals surface area contributed by atoms with Crippen LogP contribution >= 0.6 is 0 Å². The Balaban J connectivity index is 3.19. The lowest BCUT2D eigenvalue weighted by Crippen LogP contribution is -2.21. The van der Waals surface area contributed by atoms with Crippen molar-refractivity contribution in [1.29, 1.82) is 0 Å². The molecule has 1 rings (SSSR count). The highest BCUT2D eigenvalue weighted by Gasteiger charge is 2.16. The van der Waals surface area contributed by atoms with E-state index in [1.807, 2.05) is 0 Å². The van der Waals surface area contributed by atoms with Gasteiger partial charge in [-0.05, 0) is 12.1 Å². The van der Waals surface area contributed by atoms with Gasteiger partial charge in [0.25, 0.3) is 11.6 Å². The molecule has 6 nitrogen and oxygen atoms in total. The predicted molar refractivity (Wildman–Crippen MR) is 55.5 cm³/mol. The third-order valence-corrected chi connectivity index (χ3v) is 1.88. The van der Waals surface area contributed by atoms with Gasteiger partial charge in [0.15, 0.2) is 0 Å². The molecule has 0 saturated heterocycles. The SMILES string of the molecule is CN(C)C(=O)c1ccc(N)c([N+](=O)[O-])c1. The van der Waals surface area contributed by atoms with Crippen molar-refractivity contribution in [3.63, 3.8) is 0 Å². The van der Waals surface area contributed by atoms with E-state index < -0.39 is 4.92 Å². The van der Waals surface area contributed by atoms with Gasteiger partial charge in [-0.25, -0.2) is 0 Å². The summed E-state index contributed by atoms with van der Waals surface area (Å²) < 4.78 is 0. The molecule has 1 aromatic carbocycles. The fourth-order valence-electron chi connectivity index (χ4n) is 1.09. The maximum Gasteiger partial charge on any atom is 0.292 e. The largest absolute Gasteiger partial charge is 0.393 e. The molecule has 0 aliphatic carbocycles. The van der Waals surface area contributed by atoms with Gasteiger partial charge in [0.1, 0.15) is 5.69 Å². The van der Waals surface area contributed by atoms with Gasteiger partial charge in [-0.15, -0.1) is 0 Å². The van der Waals surface area contributed by atoms with Crippen molar-refractivity contribution in [2.75, 3.05) is 19.8 Å². The molecule has 1 amide bonds. The Hall–Kier alpha value is -2.11. The number of nitro benzene ring substituents is 1. The number of nitro groups is 1. The molecule has 80 valence electrons. The van der Waals surface area contributed by atoms with E-state index in [1.54, 1.807) is 14.1 Å². The van der Waals surface area contributed by atoms with Gasteiger partial charge in [-0.1, -0.05) is 0 Å². The molecule has 0 aliphatic heterocycles. The van der Waals surface area contributed by atoms with Crippen LogP contribution in [0, 0.1) is 10.1 Å². The lowest BCUT2D eigenvalue weighted by atomic mass is 10.1. The van der Waals surface area contributed by atoms with Gasteiger partial charge in [-0.2, -0.15) is 0 Å². The Morgan fingerprint density at radius 2 is 2.07 bits per heavy atom. The smallest absolute Gasteiger partial charge is 0.292 e. The summed E-state index contributed by atoms with van der Waals surface area (Å²) in [7, 11) is 3.15. The quantitative estimate of drug-likeness (QED) is 0.444. The Morgan fingerprint density at radius 3 is 2.53 bits per heavy atom. The number of nitrogen functional groups attached to an aromatic ring is 1. The van der Waals surface area contributed by atoms with E-state index in [0.717, 1.165) is 0 Å². The van der Waals surface area contributed by atoms with Crippen LogP contribution in [-0.2, 0) is 0 Å². The minimum absolute atomic E-state index is 0.0512. The average molecular weight is 209 g/mol. The first kappa shape index (κ1) is 11.0. The van der Waals surface area contributed by atoms with E-state index in [1.165, 1.54) is 23.1 Å². The molecule has 1 aromatic rings. The number of nitrogens with zero attached hydrogens (tertiary/aromatic N) is 2. The number of nitrogens with two attached hydrogens (primary N) is 1. The first-order valence-electron chi connectivity index (χ1n) is 4.19. The maximum atomic E-state index is 11.5. The van der Waals surface area contributed by atoms with Gasteiger partial charge < -0.3 is 10.6 Å². The van der Waals surface area contributed by atoms with Crippen molar-refractivity contribution in [2.45, 2.75) is 0 Å². The summed E-state index contributed by atoms with van der Waals surface area (Å²) in [5, 5.41) is 10.6. The molecule has 15 heavy (non-hydrogen) atoms. The van der Waals surface area contributed by atoms with E-state index in [-0.39, 0.29) is 22.8 Å². The van der Waals surface area contributed by atoms with Gasteiger partial charge in [-0.3, -0.25) is 14.9 Å². The van der Waals surface area contributed by atoms with Crippen molar-refractivity contribution in [3.8, 4) is 0 Å². The van der Waals surface area contributed by atoms with E-state index >= 15 is 0 Å². The predicted octanol–water partition coefficient (Wildman–Crippen LogP) is 0.879. The zero-order valence-electron chi connectivity index (χ0n) is 8.43. The molecule has 0 spiro atoms. The van der Waals surface area contributed by atoms with Gasteiger partial charge >= 0.3 is 0 Å². The topological polar surface area (TPSA) is 89.5 Å². The van der Waals surface area contributed by atoms with Crippen LogP contribution in [0.25, 0.3) is 0 Å². The fourth-order valence-corrected chi connectivity index (χ4v) is 1.09. The zero-order chi connectivity index (χ0) is 11.6. The Bertz CT molecular complexity index is 415. The van der Waals surface area contributed by atoms with Crippen molar-refractivity contribution in [3.05, 3.63) is 33.9 Å². The molecule has 0 aliphatic rings. The van der Waals surface area contributed by atoms with Crippen LogP contribution in [0.1, 0.15) is 10.4 Å². The molecule has 0 heterocycles. The summed E-state index contributed by atoms with van der Waals surface area (Å²) in [6, 6.07) is 4.00. The van der Waals surface area contributed by atoms with Crippen LogP contribution < -0.4 is 5.73 Å². The second kappa shape index (κ2) is 3.95. The highest BCUT2D eigenvalue weighted by Crippen LogP contribution is 2.22. The lowest BCUT2D eigenvalue weighted by Gasteiger charge is -2.10. The summed E-state index contributed by atoms with van der Waals surface area (Å²) >= 11 is 0.